The molecule has 1 heterocycles. The van der Waals surface area contributed by atoms with Crippen LogP contribution in [0.2, 0.25) is 0 Å². The van der Waals surface area contributed by atoms with E-state index in [4.69, 9.17) is 0 Å². The number of anilines is 1. The summed E-state index contributed by atoms with van der Waals surface area (Å²) < 4.78 is 0. The van der Waals surface area contributed by atoms with Crippen molar-refractivity contribution in [1.82, 2.24) is 0 Å². The third-order valence-corrected chi connectivity index (χ3v) is 11.5. The number of carboxylic acid groups (broad SMARTS) is 2. The molecule has 1 aromatic carbocycles. The van der Waals surface area contributed by atoms with Crippen LogP contribution >= 0.6 is 0 Å². The molecule has 1 aromatic rings. The molecule has 1 saturated heterocycles. The molecule has 4 fully saturated rings. The van der Waals surface area contributed by atoms with Gasteiger partial charge in [0.05, 0.1) is 28.5 Å². The number of aliphatic carboxylic acids is 1. The number of hydrogen-bond acceptors (Lipinski definition) is 4. The van der Waals surface area contributed by atoms with Gasteiger partial charge in [-0.1, -0.05) is 38.8 Å². The molecule has 202 valence electrons. The van der Waals surface area contributed by atoms with Crippen LogP contribution in [0.5, 0.6) is 0 Å². The van der Waals surface area contributed by atoms with E-state index in [1.807, 2.05) is 6.92 Å². The zero-order chi connectivity index (χ0) is 27.4. The van der Waals surface area contributed by atoms with Gasteiger partial charge in [-0.2, -0.15) is 0 Å². The number of amides is 2. The monoisotopic (exact) mass is 519 g/mol. The molecule has 2 bridgehead atoms. The molecular weight excluding hydrogens is 482 g/mol. The predicted octanol–water partition coefficient (Wildman–Crippen LogP) is 5.40. The Bertz CT molecular complexity index is 1280. The maximum absolute atomic E-state index is 14.3. The maximum atomic E-state index is 14.3. The van der Waals surface area contributed by atoms with Crippen LogP contribution in [0.4, 0.5) is 5.69 Å². The van der Waals surface area contributed by atoms with Gasteiger partial charge in [0.15, 0.2) is 0 Å². The van der Waals surface area contributed by atoms with Crippen molar-refractivity contribution in [1.29, 1.82) is 0 Å². The van der Waals surface area contributed by atoms with Gasteiger partial charge < -0.3 is 10.2 Å². The van der Waals surface area contributed by atoms with Gasteiger partial charge in [0.2, 0.25) is 11.8 Å². The number of carbonyl (C=O) groups excluding carboxylic acids is 2. The zero-order valence-electron chi connectivity index (χ0n) is 22.6. The molecule has 0 unspecified atom stereocenters. The topological polar surface area (TPSA) is 112 Å². The van der Waals surface area contributed by atoms with Gasteiger partial charge in [0, 0.05) is 5.41 Å². The number of fused-ring (bicyclic) bond motifs is 1. The number of carbonyl (C=O) groups is 4. The number of carboxylic acids is 2. The molecule has 8 atom stereocenters. The quantitative estimate of drug-likeness (QED) is 0.407. The second-order valence-electron chi connectivity index (χ2n) is 13.3. The summed E-state index contributed by atoms with van der Waals surface area (Å²) in [5, 5.41) is 19.6. The zero-order valence-corrected chi connectivity index (χ0v) is 22.6. The lowest BCUT2D eigenvalue weighted by molar-refractivity contribution is -0.194. The molecule has 0 radical (unpaired) electrons. The summed E-state index contributed by atoms with van der Waals surface area (Å²) in [7, 11) is 0. The van der Waals surface area contributed by atoms with Crippen molar-refractivity contribution in [3.8, 4) is 0 Å². The minimum Gasteiger partial charge on any atom is -0.481 e. The summed E-state index contributed by atoms with van der Waals surface area (Å²) in [5.41, 5.74) is 0.343. The van der Waals surface area contributed by atoms with Crippen LogP contribution in [0.15, 0.2) is 35.9 Å². The third kappa shape index (κ3) is 3.02. The van der Waals surface area contributed by atoms with Gasteiger partial charge in [0.25, 0.3) is 0 Å². The first-order chi connectivity index (χ1) is 17.9. The SMILES string of the molecule is CC(C)C1=C[C@@]23CC[C@@H]4[C@](C)(CCC[C@@]4(C)C(=O)O)[C@@H]2C[C@@H]1[C@@H]1C(=O)N(c2ccc(C(=O)O)cc2)C(=O)[C@H]13. The Balaban J connectivity index is 1.46. The van der Waals surface area contributed by atoms with Gasteiger partial charge in [-0.15, -0.1) is 0 Å². The number of allylic oxidation sites excluding steroid dienone is 2. The molecule has 38 heavy (non-hydrogen) atoms. The van der Waals surface area contributed by atoms with Crippen LogP contribution in [0.3, 0.4) is 0 Å². The second kappa shape index (κ2) is 8.03. The molecular formula is C31H37NO6. The first-order valence-corrected chi connectivity index (χ1v) is 14.0. The highest BCUT2D eigenvalue weighted by molar-refractivity contribution is 6.23. The Morgan fingerprint density at radius 2 is 1.66 bits per heavy atom. The van der Waals surface area contributed by atoms with Crippen molar-refractivity contribution in [2.45, 2.75) is 66.2 Å². The van der Waals surface area contributed by atoms with E-state index in [2.05, 4.69) is 26.8 Å². The number of imide groups is 1. The Labute approximate surface area is 223 Å². The summed E-state index contributed by atoms with van der Waals surface area (Å²) in [6.45, 7) is 8.51. The van der Waals surface area contributed by atoms with E-state index in [1.54, 1.807) is 12.1 Å². The first-order valence-electron chi connectivity index (χ1n) is 14.0. The van der Waals surface area contributed by atoms with Gasteiger partial charge >= 0.3 is 11.9 Å². The van der Waals surface area contributed by atoms with E-state index in [9.17, 15) is 29.4 Å². The van der Waals surface area contributed by atoms with E-state index in [-0.39, 0.29) is 46.5 Å². The summed E-state index contributed by atoms with van der Waals surface area (Å²) in [4.78, 5) is 53.5. The smallest absolute Gasteiger partial charge is 0.335 e. The number of aromatic carboxylic acids is 1. The van der Waals surface area contributed by atoms with Crippen LogP contribution in [0.1, 0.15) is 76.6 Å². The van der Waals surface area contributed by atoms with E-state index in [0.29, 0.717) is 12.1 Å². The van der Waals surface area contributed by atoms with Crippen molar-refractivity contribution in [3.05, 3.63) is 41.5 Å². The fraction of sp³-hybridized carbons (Fsp3) is 0.613. The molecule has 1 spiro atoms. The standard InChI is InChI=1S/C31H37NO6/c1-16(2)20-15-31-13-10-21-29(3,11-5-12-30(21,4)28(37)38)22(31)14-19(20)23-24(31)26(34)32(25(23)33)18-8-6-17(7-9-18)27(35)36/h6-9,15-16,19,21-24H,5,10-14H2,1-4H3,(H,35,36)(H,37,38)/t19-,21+,22-,23-,24-,29-,30+,31-/m0/s1. The molecule has 5 aliphatic carbocycles. The number of rotatable bonds is 4. The van der Waals surface area contributed by atoms with Gasteiger partial charge in [-0.25, -0.2) is 4.79 Å². The Morgan fingerprint density at radius 1 is 0.974 bits per heavy atom. The Hall–Kier alpha value is -2.96. The molecule has 0 aromatic heterocycles. The van der Waals surface area contributed by atoms with E-state index < -0.39 is 34.6 Å². The van der Waals surface area contributed by atoms with E-state index in [1.165, 1.54) is 22.6 Å². The maximum Gasteiger partial charge on any atom is 0.335 e. The van der Waals surface area contributed by atoms with E-state index >= 15 is 0 Å². The highest BCUT2D eigenvalue weighted by atomic mass is 16.4. The summed E-state index contributed by atoms with van der Waals surface area (Å²) in [5.74, 6) is -2.62. The van der Waals surface area contributed by atoms with Crippen LogP contribution in [0, 0.1) is 51.8 Å². The molecule has 6 aliphatic rings. The minimum absolute atomic E-state index is 0.0393. The van der Waals surface area contributed by atoms with Crippen molar-refractivity contribution in [2.24, 2.45) is 51.8 Å². The number of hydrogen-bond donors (Lipinski definition) is 2. The predicted molar refractivity (Wildman–Crippen MR) is 140 cm³/mol. The number of benzene rings is 1. The summed E-state index contributed by atoms with van der Waals surface area (Å²) >= 11 is 0. The first kappa shape index (κ1) is 25.3. The normalized spacial score (nSPS) is 41.4. The number of nitrogens with zero attached hydrogens (tertiary/aromatic N) is 1. The molecule has 3 saturated carbocycles. The highest BCUT2D eigenvalue weighted by Gasteiger charge is 2.73. The molecule has 2 amide bonds. The Morgan fingerprint density at radius 3 is 2.26 bits per heavy atom. The van der Waals surface area contributed by atoms with Gasteiger partial charge in [-0.3, -0.25) is 19.3 Å². The van der Waals surface area contributed by atoms with Crippen molar-refractivity contribution < 1.29 is 29.4 Å². The summed E-state index contributed by atoms with van der Waals surface area (Å²) in [6, 6.07) is 5.99. The second-order valence-corrected chi connectivity index (χ2v) is 13.3. The minimum atomic E-state index is -1.05. The largest absolute Gasteiger partial charge is 0.481 e. The lowest BCUT2D eigenvalue weighted by atomic mass is 9.34. The van der Waals surface area contributed by atoms with E-state index in [0.717, 1.165) is 32.1 Å². The van der Waals surface area contributed by atoms with Gasteiger partial charge in [-0.05, 0) is 92.4 Å². The molecule has 1 aliphatic heterocycles. The molecule has 7 rings (SSSR count). The fourth-order valence-electron chi connectivity index (χ4n) is 9.97. The molecule has 7 nitrogen and oxygen atoms in total. The Kier molecular flexibility index (Phi) is 5.35. The molecule has 2 N–H and O–H groups in total. The highest BCUT2D eigenvalue weighted by Crippen LogP contribution is 2.74. The molecule has 7 heteroatoms. The van der Waals surface area contributed by atoms with Crippen molar-refractivity contribution in [3.63, 3.8) is 0 Å². The van der Waals surface area contributed by atoms with Crippen LogP contribution in [-0.2, 0) is 14.4 Å². The third-order valence-electron chi connectivity index (χ3n) is 11.5. The van der Waals surface area contributed by atoms with Crippen molar-refractivity contribution >= 4 is 29.4 Å². The van der Waals surface area contributed by atoms with Crippen LogP contribution in [-0.4, -0.2) is 34.0 Å². The average molecular weight is 520 g/mol. The summed E-state index contributed by atoms with van der Waals surface area (Å²) in [6.07, 6.45) is 7.13. The lowest BCUT2D eigenvalue weighted by Crippen LogP contribution is -2.65. The fourth-order valence-corrected chi connectivity index (χ4v) is 9.97. The lowest BCUT2D eigenvalue weighted by Gasteiger charge is -2.68. The van der Waals surface area contributed by atoms with Crippen molar-refractivity contribution in [2.75, 3.05) is 4.90 Å². The average Bonchev–Trinajstić information content (AvgIpc) is 3.15. The van der Waals surface area contributed by atoms with Gasteiger partial charge in [0.1, 0.15) is 0 Å². The van der Waals surface area contributed by atoms with Crippen LogP contribution < -0.4 is 4.90 Å². The van der Waals surface area contributed by atoms with Crippen LogP contribution in [0.25, 0.3) is 0 Å².